The number of hydrazine groups is 1. The molecule has 106 valence electrons. The highest BCUT2D eigenvalue weighted by Crippen LogP contribution is 2.00. The van der Waals surface area contributed by atoms with E-state index in [4.69, 9.17) is 0 Å². The van der Waals surface area contributed by atoms with E-state index in [1.807, 2.05) is 60.7 Å². The van der Waals surface area contributed by atoms with E-state index in [9.17, 15) is 9.59 Å². The van der Waals surface area contributed by atoms with Gasteiger partial charge in [-0.15, -0.1) is 0 Å². The number of rotatable bonds is 4. The van der Waals surface area contributed by atoms with Gasteiger partial charge in [-0.05, 0) is 17.2 Å². The molecule has 2 aromatic carbocycles. The maximum Gasteiger partial charge on any atom is 0.262 e. The smallest absolute Gasteiger partial charge is 0.262 e. The number of amides is 2. The van der Waals surface area contributed by atoms with Crippen LogP contribution in [0.1, 0.15) is 11.1 Å². The van der Waals surface area contributed by atoms with E-state index >= 15 is 0 Å². The van der Waals surface area contributed by atoms with Crippen molar-refractivity contribution in [1.29, 1.82) is 0 Å². The van der Waals surface area contributed by atoms with Crippen molar-refractivity contribution in [3.63, 3.8) is 0 Å². The van der Waals surface area contributed by atoms with Gasteiger partial charge >= 0.3 is 0 Å². The monoisotopic (exact) mass is 280 g/mol. The molecule has 0 aromatic heterocycles. The third-order valence-electron chi connectivity index (χ3n) is 2.76. The minimum atomic E-state index is -0.375. The standard InChI is InChI=1S/C17H16N2O2/c20-16(12-11-14-7-3-1-4-8-14)18-19-17(21)13-15-9-5-2-6-10-15/h1-12H,13H2,(H,18,20)(H,19,21). The van der Waals surface area contributed by atoms with Crippen LogP contribution in [0.2, 0.25) is 0 Å². The highest BCUT2D eigenvalue weighted by Gasteiger charge is 2.03. The van der Waals surface area contributed by atoms with Crippen LogP contribution in [0.25, 0.3) is 6.08 Å². The fraction of sp³-hybridized carbons (Fsp3) is 0.0588. The fourth-order valence-electron chi connectivity index (χ4n) is 1.73. The minimum absolute atomic E-state index is 0.226. The third kappa shape index (κ3) is 5.32. The Morgan fingerprint density at radius 2 is 1.48 bits per heavy atom. The van der Waals surface area contributed by atoms with Crippen LogP contribution in [0.3, 0.4) is 0 Å². The first-order chi connectivity index (χ1) is 10.2. The van der Waals surface area contributed by atoms with E-state index in [2.05, 4.69) is 10.9 Å². The molecule has 0 atom stereocenters. The van der Waals surface area contributed by atoms with Crippen molar-refractivity contribution in [2.24, 2.45) is 0 Å². The Labute approximate surface area is 123 Å². The molecule has 2 aromatic rings. The van der Waals surface area contributed by atoms with Gasteiger partial charge in [-0.1, -0.05) is 60.7 Å². The first kappa shape index (κ1) is 14.5. The Morgan fingerprint density at radius 1 is 0.857 bits per heavy atom. The molecule has 0 aliphatic carbocycles. The average Bonchev–Trinajstić information content (AvgIpc) is 2.53. The van der Waals surface area contributed by atoms with E-state index in [1.165, 1.54) is 6.08 Å². The zero-order valence-electron chi connectivity index (χ0n) is 11.5. The molecule has 2 rings (SSSR count). The normalized spacial score (nSPS) is 10.3. The molecule has 21 heavy (non-hydrogen) atoms. The van der Waals surface area contributed by atoms with Gasteiger partial charge in [-0.3, -0.25) is 20.4 Å². The summed E-state index contributed by atoms with van der Waals surface area (Å²) in [6.07, 6.45) is 3.28. The van der Waals surface area contributed by atoms with Crippen LogP contribution in [0.5, 0.6) is 0 Å². The molecular formula is C17H16N2O2. The highest BCUT2D eigenvalue weighted by molar-refractivity contribution is 5.93. The Balaban J connectivity index is 1.76. The second-order valence-corrected chi connectivity index (χ2v) is 4.44. The van der Waals surface area contributed by atoms with Gasteiger partial charge in [0, 0.05) is 6.08 Å². The predicted octanol–water partition coefficient (Wildman–Crippen LogP) is 2.09. The van der Waals surface area contributed by atoms with Crippen molar-refractivity contribution in [3.05, 3.63) is 77.9 Å². The van der Waals surface area contributed by atoms with Crippen LogP contribution in [0.15, 0.2) is 66.7 Å². The summed E-state index contributed by atoms with van der Waals surface area (Å²) in [6, 6.07) is 18.8. The lowest BCUT2D eigenvalue weighted by molar-refractivity contribution is -0.126. The molecular weight excluding hydrogens is 264 g/mol. The Bertz CT molecular complexity index is 622. The van der Waals surface area contributed by atoms with Gasteiger partial charge in [0.05, 0.1) is 6.42 Å². The van der Waals surface area contributed by atoms with E-state index < -0.39 is 0 Å². The molecule has 2 N–H and O–H groups in total. The first-order valence-corrected chi connectivity index (χ1v) is 6.60. The zero-order chi connectivity index (χ0) is 14.9. The van der Waals surface area contributed by atoms with Crippen LogP contribution in [0.4, 0.5) is 0 Å². The lowest BCUT2D eigenvalue weighted by Crippen LogP contribution is -2.41. The van der Waals surface area contributed by atoms with Crippen molar-refractivity contribution < 1.29 is 9.59 Å². The zero-order valence-corrected chi connectivity index (χ0v) is 11.5. The molecule has 0 saturated carbocycles. The molecule has 0 unspecified atom stereocenters. The summed E-state index contributed by atoms with van der Waals surface area (Å²) in [7, 11) is 0. The fourth-order valence-corrected chi connectivity index (χ4v) is 1.73. The van der Waals surface area contributed by atoms with E-state index in [1.54, 1.807) is 6.08 Å². The number of carbonyl (C=O) groups is 2. The number of hydrogen-bond acceptors (Lipinski definition) is 2. The van der Waals surface area contributed by atoms with Crippen molar-refractivity contribution in [3.8, 4) is 0 Å². The first-order valence-electron chi connectivity index (χ1n) is 6.60. The molecule has 0 radical (unpaired) electrons. The Morgan fingerprint density at radius 3 is 2.14 bits per heavy atom. The van der Waals surface area contributed by atoms with Gasteiger partial charge in [-0.25, -0.2) is 0 Å². The molecule has 0 saturated heterocycles. The summed E-state index contributed by atoms with van der Waals surface area (Å²) in [5, 5.41) is 0. The van der Waals surface area contributed by atoms with Gasteiger partial charge in [0.25, 0.3) is 5.91 Å². The topological polar surface area (TPSA) is 58.2 Å². The molecule has 4 nitrogen and oxygen atoms in total. The van der Waals surface area contributed by atoms with E-state index in [0.717, 1.165) is 11.1 Å². The maximum absolute atomic E-state index is 11.6. The van der Waals surface area contributed by atoms with Gasteiger partial charge in [0.2, 0.25) is 5.91 Å². The molecule has 2 amide bonds. The van der Waals surface area contributed by atoms with E-state index in [0.29, 0.717) is 0 Å². The van der Waals surface area contributed by atoms with Crippen molar-refractivity contribution in [2.45, 2.75) is 6.42 Å². The van der Waals surface area contributed by atoms with Crippen molar-refractivity contribution in [2.75, 3.05) is 0 Å². The van der Waals surface area contributed by atoms with Crippen LogP contribution in [-0.2, 0) is 16.0 Å². The van der Waals surface area contributed by atoms with Gasteiger partial charge in [0.1, 0.15) is 0 Å². The second kappa shape index (κ2) is 7.65. The van der Waals surface area contributed by atoms with Crippen LogP contribution in [-0.4, -0.2) is 11.8 Å². The minimum Gasteiger partial charge on any atom is -0.273 e. The van der Waals surface area contributed by atoms with Gasteiger partial charge in [0.15, 0.2) is 0 Å². The van der Waals surface area contributed by atoms with Crippen LogP contribution >= 0.6 is 0 Å². The molecule has 0 heterocycles. The number of hydrogen-bond donors (Lipinski definition) is 2. The average molecular weight is 280 g/mol. The lowest BCUT2D eigenvalue weighted by atomic mass is 10.1. The second-order valence-electron chi connectivity index (χ2n) is 4.44. The number of carbonyl (C=O) groups excluding carboxylic acids is 2. The van der Waals surface area contributed by atoms with Crippen LogP contribution < -0.4 is 10.9 Å². The Kier molecular flexibility index (Phi) is 5.29. The van der Waals surface area contributed by atoms with Crippen molar-refractivity contribution in [1.82, 2.24) is 10.9 Å². The van der Waals surface area contributed by atoms with Crippen LogP contribution in [0, 0.1) is 0 Å². The van der Waals surface area contributed by atoms with Crippen molar-refractivity contribution >= 4 is 17.9 Å². The molecule has 0 fully saturated rings. The quantitative estimate of drug-likeness (QED) is 0.665. The maximum atomic E-state index is 11.6. The summed E-state index contributed by atoms with van der Waals surface area (Å²) < 4.78 is 0. The lowest BCUT2D eigenvalue weighted by Gasteiger charge is -2.05. The largest absolute Gasteiger partial charge is 0.273 e. The molecule has 0 spiro atoms. The molecule has 0 aliphatic heterocycles. The summed E-state index contributed by atoms with van der Waals surface area (Å²) in [5.74, 6) is -0.636. The number of benzene rings is 2. The molecule has 0 bridgehead atoms. The Hall–Kier alpha value is -2.88. The van der Waals surface area contributed by atoms with Gasteiger partial charge < -0.3 is 0 Å². The summed E-state index contributed by atoms with van der Waals surface area (Å²) >= 11 is 0. The predicted molar refractivity (Wildman–Crippen MR) is 81.9 cm³/mol. The summed E-state index contributed by atoms with van der Waals surface area (Å²) in [4.78, 5) is 23.2. The summed E-state index contributed by atoms with van der Waals surface area (Å²) in [6.45, 7) is 0. The number of nitrogens with one attached hydrogen (secondary N) is 2. The SMILES string of the molecule is O=C(C=Cc1ccccc1)NNC(=O)Cc1ccccc1. The van der Waals surface area contributed by atoms with E-state index in [-0.39, 0.29) is 18.2 Å². The molecule has 4 heteroatoms. The third-order valence-corrected chi connectivity index (χ3v) is 2.76. The molecule has 0 aliphatic rings. The van der Waals surface area contributed by atoms with Gasteiger partial charge in [-0.2, -0.15) is 0 Å². The highest BCUT2D eigenvalue weighted by atomic mass is 16.2. The summed E-state index contributed by atoms with van der Waals surface area (Å²) in [5.41, 5.74) is 6.54.